The number of rotatable bonds is 6. The molecule has 0 aliphatic rings. The number of nitriles is 1. The van der Waals surface area contributed by atoms with Crippen LogP contribution in [0.1, 0.15) is 24.1 Å². The number of anilines is 1. The summed E-state index contributed by atoms with van der Waals surface area (Å²) in [6.45, 7) is 2.06. The molecule has 192 valence electrons. The molecule has 0 saturated heterocycles. The highest BCUT2D eigenvalue weighted by atomic mass is 19.1. The van der Waals surface area contributed by atoms with Gasteiger partial charge in [-0.15, -0.1) is 0 Å². The highest BCUT2D eigenvalue weighted by Gasteiger charge is 2.17. The zero-order valence-corrected chi connectivity index (χ0v) is 21.4. The van der Waals surface area contributed by atoms with Crippen molar-refractivity contribution in [1.29, 1.82) is 5.26 Å². The minimum atomic E-state index is -0.412. The Balaban J connectivity index is 1.30. The first-order chi connectivity index (χ1) is 18.9. The first kappa shape index (κ1) is 24.0. The van der Waals surface area contributed by atoms with Gasteiger partial charge in [-0.3, -0.25) is 4.68 Å². The minimum Gasteiger partial charge on any atom is -0.353 e. The fourth-order valence-electron chi connectivity index (χ4n) is 4.53. The summed E-state index contributed by atoms with van der Waals surface area (Å²) >= 11 is 0. The van der Waals surface area contributed by atoms with E-state index in [0.29, 0.717) is 11.4 Å². The minimum absolute atomic E-state index is 0.0279. The van der Waals surface area contributed by atoms with Gasteiger partial charge in [0.1, 0.15) is 11.9 Å². The molecule has 0 aliphatic heterocycles. The fraction of sp³-hybridized carbons (Fsp3) is 0.143. The van der Waals surface area contributed by atoms with Crippen molar-refractivity contribution in [2.24, 2.45) is 7.05 Å². The number of hydrogen-bond acceptors (Lipinski definition) is 7. The monoisotopic (exact) mass is 518 g/mol. The lowest BCUT2D eigenvalue weighted by Crippen LogP contribution is -2.22. The maximum absolute atomic E-state index is 13.3. The van der Waals surface area contributed by atoms with Gasteiger partial charge in [0.15, 0.2) is 11.6 Å². The quantitative estimate of drug-likeness (QED) is 0.318. The Bertz CT molecular complexity index is 1820. The largest absolute Gasteiger partial charge is 0.353 e. The van der Waals surface area contributed by atoms with Crippen LogP contribution >= 0.6 is 0 Å². The Hall–Kier alpha value is -5.37. The van der Waals surface area contributed by atoms with Gasteiger partial charge in [-0.25, -0.2) is 23.6 Å². The summed E-state index contributed by atoms with van der Waals surface area (Å²) in [4.78, 5) is 11.2. The number of hydrogen-bond donors (Lipinski definition) is 0. The van der Waals surface area contributed by atoms with Crippen LogP contribution in [-0.4, -0.2) is 46.2 Å². The number of fused-ring (bicyclic) bond motifs is 1. The van der Waals surface area contributed by atoms with Gasteiger partial charge >= 0.3 is 0 Å². The first-order valence-electron chi connectivity index (χ1n) is 12.2. The smallest absolute Gasteiger partial charge is 0.161 e. The fourth-order valence-corrected chi connectivity index (χ4v) is 4.53. The molecular formula is C28H23FN10. The van der Waals surface area contributed by atoms with Crippen molar-refractivity contribution in [3.8, 4) is 34.1 Å². The summed E-state index contributed by atoms with van der Waals surface area (Å²) in [7, 11) is 3.84. The maximum atomic E-state index is 13.3. The van der Waals surface area contributed by atoms with E-state index in [0.717, 1.165) is 45.3 Å². The van der Waals surface area contributed by atoms with E-state index in [1.807, 2.05) is 63.0 Å². The van der Waals surface area contributed by atoms with Crippen LogP contribution in [-0.2, 0) is 7.05 Å². The van der Waals surface area contributed by atoms with Crippen molar-refractivity contribution >= 4 is 11.3 Å². The van der Waals surface area contributed by atoms with Gasteiger partial charge in [0, 0.05) is 61.1 Å². The highest BCUT2D eigenvalue weighted by Crippen LogP contribution is 2.33. The van der Waals surface area contributed by atoms with E-state index in [1.54, 1.807) is 27.8 Å². The predicted molar refractivity (Wildman–Crippen MR) is 143 cm³/mol. The zero-order valence-electron chi connectivity index (χ0n) is 21.4. The molecule has 0 amide bonds. The van der Waals surface area contributed by atoms with Gasteiger partial charge in [0.05, 0.1) is 41.9 Å². The molecule has 0 aromatic carbocycles. The van der Waals surface area contributed by atoms with E-state index in [1.165, 1.54) is 10.9 Å². The lowest BCUT2D eigenvalue weighted by molar-refractivity contribution is 0.627. The molecule has 1 atom stereocenters. The second-order valence-corrected chi connectivity index (χ2v) is 9.25. The second kappa shape index (κ2) is 9.50. The van der Waals surface area contributed by atoms with Gasteiger partial charge in [-0.05, 0) is 36.8 Å². The van der Waals surface area contributed by atoms with Crippen LogP contribution in [0.15, 0.2) is 79.9 Å². The third-order valence-corrected chi connectivity index (χ3v) is 6.81. The third kappa shape index (κ3) is 4.38. The molecule has 0 saturated carbocycles. The van der Waals surface area contributed by atoms with Crippen LogP contribution in [0.25, 0.3) is 33.6 Å². The average molecular weight is 519 g/mol. The molecule has 6 aromatic rings. The molecule has 0 bridgehead atoms. The molecule has 0 N–H and O–H groups in total. The van der Waals surface area contributed by atoms with E-state index in [2.05, 4.69) is 38.2 Å². The van der Waals surface area contributed by atoms with Crippen molar-refractivity contribution in [2.45, 2.75) is 13.0 Å². The van der Waals surface area contributed by atoms with Crippen molar-refractivity contribution in [3.63, 3.8) is 0 Å². The van der Waals surface area contributed by atoms with Gasteiger partial charge in [0.2, 0.25) is 0 Å². The first-order valence-corrected chi connectivity index (χ1v) is 12.2. The summed E-state index contributed by atoms with van der Waals surface area (Å²) in [6, 6.07) is 12.0. The van der Waals surface area contributed by atoms with Crippen LogP contribution < -0.4 is 4.90 Å². The summed E-state index contributed by atoms with van der Waals surface area (Å²) in [6.07, 6.45) is 13.2. The van der Waals surface area contributed by atoms with Gasteiger partial charge < -0.3 is 4.90 Å². The molecule has 1 unspecified atom stereocenters. The number of pyridine rings is 3. The van der Waals surface area contributed by atoms with Crippen molar-refractivity contribution < 1.29 is 4.39 Å². The number of aromatic nitrogens is 8. The second-order valence-electron chi connectivity index (χ2n) is 9.25. The van der Waals surface area contributed by atoms with E-state index < -0.39 is 5.82 Å². The molecular weight excluding hydrogens is 495 g/mol. The van der Waals surface area contributed by atoms with Crippen LogP contribution in [0.4, 0.5) is 10.2 Å². The summed E-state index contributed by atoms with van der Waals surface area (Å²) < 4.78 is 18.2. The van der Waals surface area contributed by atoms with E-state index in [4.69, 9.17) is 4.98 Å². The number of nitrogens with zero attached hydrogens (tertiary/aromatic N) is 10. The molecule has 0 aliphatic carbocycles. The zero-order chi connectivity index (χ0) is 27.1. The molecule has 11 heteroatoms. The van der Waals surface area contributed by atoms with E-state index >= 15 is 0 Å². The maximum Gasteiger partial charge on any atom is 0.161 e. The normalized spacial score (nSPS) is 12.0. The lowest BCUT2D eigenvalue weighted by atomic mass is 10.0. The third-order valence-electron chi connectivity index (χ3n) is 6.81. The Morgan fingerprint density at radius 2 is 1.77 bits per heavy atom. The molecule has 0 fully saturated rings. The standard InChI is InChI=1S/C28H23FN10/c1-18(19-4-7-27(32-10-19)38-17-24(29)14-35-38)37(3)26-6-5-20(11-31-26)25-8-21(23-13-33-36(2)15-23)16-39-28(25)22(9-30)12-34-39/h4-8,10-18H,1-3H3. The van der Waals surface area contributed by atoms with Crippen LogP contribution in [0.3, 0.4) is 0 Å². The van der Waals surface area contributed by atoms with Crippen LogP contribution in [0.5, 0.6) is 0 Å². The molecule has 0 radical (unpaired) electrons. The van der Waals surface area contributed by atoms with E-state index in [9.17, 15) is 9.65 Å². The molecule has 0 spiro atoms. The van der Waals surface area contributed by atoms with Crippen LogP contribution in [0, 0.1) is 17.1 Å². The Labute approximate surface area is 223 Å². The number of halogens is 1. The summed E-state index contributed by atoms with van der Waals surface area (Å²) in [5.74, 6) is 0.902. The lowest BCUT2D eigenvalue weighted by Gasteiger charge is -2.26. The summed E-state index contributed by atoms with van der Waals surface area (Å²) in [5, 5.41) is 22.3. The van der Waals surface area contributed by atoms with Gasteiger partial charge in [-0.2, -0.15) is 20.6 Å². The van der Waals surface area contributed by atoms with Gasteiger partial charge in [0.25, 0.3) is 0 Å². The average Bonchev–Trinajstić information content (AvgIpc) is 3.71. The molecule has 39 heavy (non-hydrogen) atoms. The predicted octanol–water partition coefficient (Wildman–Crippen LogP) is 4.59. The van der Waals surface area contributed by atoms with Crippen molar-refractivity contribution in [3.05, 3.63) is 96.9 Å². The molecule has 10 nitrogen and oxygen atoms in total. The SMILES string of the molecule is CC(c1ccc(-n2cc(F)cn2)nc1)N(C)c1ccc(-c2cc(-c3cnn(C)c3)cn3ncc(C#N)c23)cn1. The van der Waals surface area contributed by atoms with Gasteiger partial charge in [-0.1, -0.05) is 6.07 Å². The highest BCUT2D eigenvalue weighted by molar-refractivity contribution is 5.87. The van der Waals surface area contributed by atoms with Crippen molar-refractivity contribution in [1.82, 2.24) is 39.1 Å². The molecule has 6 aromatic heterocycles. The molecule has 6 rings (SSSR count). The Morgan fingerprint density at radius 1 is 0.897 bits per heavy atom. The molecule has 6 heterocycles. The van der Waals surface area contributed by atoms with Crippen molar-refractivity contribution in [2.75, 3.05) is 11.9 Å². The van der Waals surface area contributed by atoms with Crippen LogP contribution in [0.2, 0.25) is 0 Å². The van der Waals surface area contributed by atoms with E-state index in [-0.39, 0.29) is 6.04 Å². The summed E-state index contributed by atoms with van der Waals surface area (Å²) in [5.41, 5.74) is 5.80. The number of aryl methyl sites for hydroxylation is 1. The Morgan fingerprint density at radius 3 is 2.41 bits per heavy atom. The topological polar surface area (TPSA) is 106 Å². The Kier molecular flexibility index (Phi) is 5.84.